The molecular weight excluding hydrogens is 250 g/mol. The molecule has 0 saturated carbocycles. The average Bonchev–Trinajstić information content (AvgIpc) is 2.81. The van der Waals surface area contributed by atoms with Crippen LogP contribution in [0.15, 0.2) is 18.3 Å². The van der Waals surface area contributed by atoms with Crippen molar-refractivity contribution in [1.29, 1.82) is 0 Å². The number of rotatable bonds is 6. The molecule has 108 valence electrons. The van der Waals surface area contributed by atoms with Gasteiger partial charge in [-0.05, 0) is 31.4 Å². The predicted octanol–water partition coefficient (Wildman–Crippen LogP) is 3.13. The normalized spacial score (nSPS) is 10.9. The highest BCUT2D eigenvalue weighted by atomic mass is 16.1. The zero-order chi connectivity index (χ0) is 14.5. The van der Waals surface area contributed by atoms with Crippen molar-refractivity contribution in [2.75, 3.05) is 6.54 Å². The van der Waals surface area contributed by atoms with Crippen molar-refractivity contribution < 1.29 is 4.79 Å². The van der Waals surface area contributed by atoms with Gasteiger partial charge in [0.15, 0.2) is 0 Å². The largest absolute Gasteiger partial charge is 0.351 e. The van der Waals surface area contributed by atoms with Gasteiger partial charge in [0.1, 0.15) is 11.3 Å². The van der Waals surface area contributed by atoms with Crippen LogP contribution in [0.1, 0.15) is 54.9 Å². The topological polar surface area (TPSA) is 46.4 Å². The number of fused-ring (bicyclic) bond motifs is 1. The fraction of sp³-hybridized carbons (Fsp3) is 0.500. The van der Waals surface area contributed by atoms with E-state index in [2.05, 4.69) is 17.2 Å². The number of amides is 1. The average molecular weight is 273 g/mol. The fourth-order valence-electron chi connectivity index (χ4n) is 2.35. The molecule has 0 saturated heterocycles. The Morgan fingerprint density at radius 3 is 2.80 bits per heavy atom. The van der Waals surface area contributed by atoms with Gasteiger partial charge in [0.25, 0.3) is 5.91 Å². The SMILES string of the molecule is CCCCCNC(=O)c1c(CC)nc2ccc(C)cn12. The van der Waals surface area contributed by atoms with Gasteiger partial charge in [-0.3, -0.25) is 9.20 Å². The molecule has 2 heterocycles. The summed E-state index contributed by atoms with van der Waals surface area (Å²) in [6, 6.07) is 3.98. The molecule has 2 rings (SSSR count). The van der Waals surface area contributed by atoms with Crippen LogP contribution in [0.4, 0.5) is 0 Å². The van der Waals surface area contributed by atoms with Crippen molar-refractivity contribution in [2.24, 2.45) is 0 Å². The zero-order valence-electron chi connectivity index (χ0n) is 12.6. The van der Waals surface area contributed by atoms with Gasteiger partial charge in [-0.1, -0.05) is 32.8 Å². The molecule has 20 heavy (non-hydrogen) atoms. The molecule has 0 aliphatic carbocycles. The molecular formula is C16H23N3O. The second-order valence-electron chi connectivity index (χ2n) is 5.16. The summed E-state index contributed by atoms with van der Waals surface area (Å²) in [4.78, 5) is 16.9. The van der Waals surface area contributed by atoms with Crippen LogP contribution < -0.4 is 5.32 Å². The summed E-state index contributed by atoms with van der Waals surface area (Å²) in [5.74, 6) is -0.0175. The number of aryl methyl sites for hydroxylation is 2. The summed E-state index contributed by atoms with van der Waals surface area (Å²) in [5.41, 5.74) is 3.51. The highest BCUT2D eigenvalue weighted by Gasteiger charge is 2.17. The maximum absolute atomic E-state index is 12.4. The van der Waals surface area contributed by atoms with Crippen molar-refractivity contribution in [3.63, 3.8) is 0 Å². The maximum Gasteiger partial charge on any atom is 0.270 e. The molecule has 0 bridgehead atoms. The van der Waals surface area contributed by atoms with Crippen molar-refractivity contribution >= 4 is 11.6 Å². The Morgan fingerprint density at radius 2 is 2.10 bits per heavy atom. The third-order valence-electron chi connectivity index (χ3n) is 3.45. The number of hydrogen-bond acceptors (Lipinski definition) is 2. The summed E-state index contributed by atoms with van der Waals surface area (Å²) >= 11 is 0. The highest BCUT2D eigenvalue weighted by Crippen LogP contribution is 2.14. The number of unbranched alkanes of at least 4 members (excludes halogenated alkanes) is 2. The number of carbonyl (C=O) groups excluding carboxylic acids is 1. The lowest BCUT2D eigenvalue weighted by Crippen LogP contribution is -2.26. The Kier molecular flexibility index (Phi) is 4.77. The van der Waals surface area contributed by atoms with Crippen molar-refractivity contribution in [3.05, 3.63) is 35.3 Å². The summed E-state index contributed by atoms with van der Waals surface area (Å²) in [5, 5.41) is 3.01. The number of pyridine rings is 1. The van der Waals surface area contributed by atoms with Crippen LogP contribution in [-0.2, 0) is 6.42 Å². The van der Waals surface area contributed by atoms with E-state index in [1.54, 1.807) is 0 Å². The highest BCUT2D eigenvalue weighted by molar-refractivity contribution is 5.94. The van der Waals surface area contributed by atoms with E-state index >= 15 is 0 Å². The van der Waals surface area contributed by atoms with E-state index in [-0.39, 0.29) is 5.91 Å². The van der Waals surface area contributed by atoms with Crippen molar-refractivity contribution in [1.82, 2.24) is 14.7 Å². The molecule has 2 aromatic heterocycles. The fourth-order valence-corrected chi connectivity index (χ4v) is 2.35. The van der Waals surface area contributed by atoms with E-state index in [0.29, 0.717) is 5.69 Å². The predicted molar refractivity (Wildman–Crippen MR) is 81.2 cm³/mol. The Balaban J connectivity index is 2.26. The first-order valence-electron chi connectivity index (χ1n) is 7.43. The lowest BCUT2D eigenvalue weighted by Gasteiger charge is -2.06. The third kappa shape index (κ3) is 3.00. The van der Waals surface area contributed by atoms with Gasteiger partial charge in [0.05, 0.1) is 5.69 Å². The molecule has 0 fully saturated rings. The Hall–Kier alpha value is -1.84. The number of carbonyl (C=O) groups is 1. The van der Waals surface area contributed by atoms with Gasteiger partial charge in [-0.25, -0.2) is 4.98 Å². The Morgan fingerprint density at radius 1 is 1.30 bits per heavy atom. The molecule has 1 amide bonds. The lowest BCUT2D eigenvalue weighted by atomic mass is 10.2. The molecule has 0 spiro atoms. The van der Waals surface area contributed by atoms with Gasteiger partial charge in [0, 0.05) is 12.7 Å². The van der Waals surface area contributed by atoms with E-state index in [4.69, 9.17) is 0 Å². The molecule has 2 aromatic rings. The third-order valence-corrected chi connectivity index (χ3v) is 3.45. The van der Waals surface area contributed by atoms with E-state index in [1.165, 1.54) is 0 Å². The zero-order valence-corrected chi connectivity index (χ0v) is 12.6. The van der Waals surface area contributed by atoms with Gasteiger partial charge < -0.3 is 5.32 Å². The lowest BCUT2D eigenvalue weighted by molar-refractivity contribution is 0.0946. The van der Waals surface area contributed by atoms with Crippen LogP contribution in [0.2, 0.25) is 0 Å². The summed E-state index contributed by atoms with van der Waals surface area (Å²) in [6.07, 6.45) is 6.07. The summed E-state index contributed by atoms with van der Waals surface area (Å²) in [7, 11) is 0. The van der Waals surface area contributed by atoms with Crippen LogP contribution in [0, 0.1) is 6.92 Å². The van der Waals surface area contributed by atoms with E-state index in [9.17, 15) is 4.79 Å². The smallest absolute Gasteiger partial charge is 0.270 e. The van der Waals surface area contributed by atoms with E-state index in [1.807, 2.05) is 36.6 Å². The minimum atomic E-state index is -0.0175. The van der Waals surface area contributed by atoms with Crippen LogP contribution in [0.3, 0.4) is 0 Å². The minimum Gasteiger partial charge on any atom is -0.351 e. The summed E-state index contributed by atoms with van der Waals surface area (Å²) < 4.78 is 1.91. The first kappa shape index (κ1) is 14.6. The first-order valence-corrected chi connectivity index (χ1v) is 7.43. The minimum absolute atomic E-state index is 0.0175. The molecule has 0 unspecified atom stereocenters. The first-order chi connectivity index (χ1) is 9.67. The molecule has 0 aliphatic heterocycles. The molecule has 1 N–H and O–H groups in total. The van der Waals surface area contributed by atoms with Gasteiger partial charge >= 0.3 is 0 Å². The molecule has 4 nitrogen and oxygen atoms in total. The number of imidazole rings is 1. The molecule has 4 heteroatoms. The Labute approximate surface area is 120 Å². The van der Waals surface area contributed by atoms with E-state index < -0.39 is 0 Å². The van der Waals surface area contributed by atoms with Gasteiger partial charge in [-0.15, -0.1) is 0 Å². The second-order valence-corrected chi connectivity index (χ2v) is 5.16. The van der Waals surface area contributed by atoms with E-state index in [0.717, 1.165) is 49.1 Å². The van der Waals surface area contributed by atoms with Crippen LogP contribution >= 0.6 is 0 Å². The molecule has 0 aromatic carbocycles. The quantitative estimate of drug-likeness (QED) is 0.822. The standard InChI is InChI=1S/C16H23N3O/c1-4-6-7-10-17-16(20)15-13(5-2)18-14-9-8-12(3)11-19(14)15/h8-9,11H,4-7,10H2,1-3H3,(H,17,20). The number of aromatic nitrogens is 2. The summed E-state index contributed by atoms with van der Waals surface area (Å²) in [6.45, 7) is 6.94. The number of nitrogens with zero attached hydrogens (tertiary/aromatic N) is 2. The van der Waals surface area contributed by atoms with Crippen molar-refractivity contribution in [2.45, 2.75) is 46.5 Å². The van der Waals surface area contributed by atoms with Crippen molar-refractivity contribution in [3.8, 4) is 0 Å². The number of hydrogen-bond donors (Lipinski definition) is 1. The van der Waals surface area contributed by atoms with Gasteiger partial charge in [-0.2, -0.15) is 0 Å². The Bertz CT molecular complexity index is 601. The number of nitrogens with one attached hydrogen (secondary N) is 1. The molecule has 0 radical (unpaired) electrons. The van der Waals surface area contributed by atoms with Gasteiger partial charge in [0.2, 0.25) is 0 Å². The molecule has 0 atom stereocenters. The molecule has 0 aliphatic rings. The monoisotopic (exact) mass is 273 g/mol. The van der Waals surface area contributed by atoms with Crippen LogP contribution in [-0.4, -0.2) is 21.8 Å². The second kappa shape index (κ2) is 6.55. The van der Waals surface area contributed by atoms with Crippen LogP contribution in [0.5, 0.6) is 0 Å². The maximum atomic E-state index is 12.4. The van der Waals surface area contributed by atoms with Crippen LogP contribution in [0.25, 0.3) is 5.65 Å².